The Labute approximate surface area is 101 Å². The van der Waals surface area contributed by atoms with E-state index in [0.29, 0.717) is 0 Å². The first-order valence-corrected chi connectivity index (χ1v) is 6.55. The van der Waals surface area contributed by atoms with E-state index in [1.54, 1.807) is 0 Å². The van der Waals surface area contributed by atoms with Crippen LogP contribution in [-0.2, 0) is 0 Å². The third kappa shape index (κ3) is 2.75. The van der Waals surface area contributed by atoms with Crippen LogP contribution in [0.1, 0.15) is 32.1 Å². The maximum atomic E-state index is 3.53. The minimum Gasteiger partial charge on any atom is -0.372 e. The average molecular weight is 268 g/mol. The number of rotatable bonds is 2. The van der Waals surface area contributed by atoms with Gasteiger partial charge >= 0.3 is 0 Å². The molecular formula is C13H18BrN. The predicted octanol–water partition coefficient (Wildman–Crippen LogP) is 4.22. The van der Waals surface area contributed by atoms with E-state index in [1.165, 1.54) is 42.3 Å². The lowest BCUT2D eigenvalue weighted by atomic mass is 9.94. The molecule has 2 heteroatoms. The van der Waals surface area contributed by atoms with Gasteiger partial charge in [-0.05, 0) is 31.0 Å². The van der Waals surface area contributed by atoms with E-state index in [9.17, 15) is 0 Å². The number of hydrogen-bond donors (Lipinski definition) is 0. The van der Waals surface area contributed by atoms with Gasteiger partial charge in [0.25, 0.3) is 0 Å². The molecule has 1 aliphatic rings. The fourth-order valence-corrected chi connectivity index (χ4v) is 2.76. The lowest BCUT2D eigenvalue weighted by molar-refractivity contribution is 0.427. The highest BCUT2D eigenvalue weighted by Crippen LogP contribution is 2.27. The Bertz CT molecular complexity index is 318. The van der Waals surface area contributed by atoms with Crippen LogP contribution in [0.4, 0.5) is 5.69 Å². The molecule has 1 aliphatic carbocycles. The summed E-state index contributed by atoms with van der Waals surface area (Å²) in [4.78, 5) is 2.43. The van der Waals surface area contributed by atoms with Gasteiger partial charge in [-0.2, -0.15) is 0 Å². The van der Waals surface area contributed by atoms with Crippen LogP contribution < -0.4 is 4.90 Å². The van der Waals surface area contributed by atoms with E-state index >= 15 is 0 Å². The number of benzene rings is 1. The summed E-state index contributed by atoms with van der Waals surface area (Å²) in [5.41, 5.74) is 1.33. The van der Waals surface area contributed by atoms with Gasteiger partial charge in [0.1, 0.15) is 0 Å². The highest BCUT2D eigenvalue weighted by atomic mass is 79.9. The zero-order valence-corrected chi connectivity index (χ0v) is 10.8. The number of anilines is 1. The lowest BCUT2D eigenvalue weighted by Gasteiger charge is -2.33. The van der Waals surface area contributed by atoms with Crippen molar-refractivity contribution in [1.82, 2.24) is 0 Å². The number of halogens is 1. The topological polar surface area (TPSA) is 3.24 Å². The molecule has 1 aromatic carbocycles. The van der Waals surface area contributed by atoms with Gasteiger partial charge in [-0.15, -0.1) is 0 Å². The Morgan fingerprint density at radius 2 is 1.93 bits per heavy atom. The molecule has 0 unspecified atom stereocenters. The molecular weight excluding hydrogens is 250 g/mol. The fourth-order valence-electron chi connectivity index (χ4n) is 2.37. The third-order valence-electron chi connectivity index (χ3n) is 3.34. The second kappa shape index (κ2) is 5.02. The average Bonchev–Trinajstić information content (AvgIpc) is 2.29. The van der Waals surface area contributed by atoms with Gasteiger partial charge in [0, 0.05) is 23.2 Å². The quantitative estimate of drug-likeness (QED) is 0.776. The van der Waals surface area contributed by atoms with Crippen LogP contribution in [0.2, 0.25) is 0 Å². The van der Waals surface area contributed by atoms with Gasteiger partial charge in [-0.1, -0.05) is 41.3 Å². The summed E-state index contributed by atoms with van der Waals surface area (Å²) in [5, 5.41) is 0. The molecule has 0 heterocycles. The summed E-state index contributed by atoms with van der Waals surface area (Å²) in [6.45, 7) is 0. The van der Waals surface area contributed by atoms with Crippen molar-refractivity contribution in [1.29, 1.82) is 0 Å². The maximum Gasteiger partial charge on any atom is 0.0377 e. The van der Waals surface area contributed by atoms with Crippen molar-refractivity contribution in [3.8, 4) is 0 Å². The highest BCUT2D eigenvalue weighted by Gasteiger charge is 2.18. The van der Waals surface area contributed by atoms with Crippen molar-refractivity contribution in [3.63, 3.8) is 0 Å². The normalized spacial score (nSPS) is 17.7. The van der Waals surface area contributed by atoms with E-state index in [2.05, 4.69) is 52.1 Å². The highest BCUT2D eigenvalue weighted by molar-refractivity contribution is 9.10. The summed E-state index contributed by atoms with van der Waals surface area (Å²) in [7, 11) is 2.22. The van der Waals surface area contributed by atoms with Crippen LogP contribution in [0.3, 0.4) is 0 Å². The molecule has 0 aromatic heterocycles. The van der Waals surface area contributed by atoms with Crippen molar-refractivity contribution >= 4 is 21.6 Å². The Hall–Kier alpha value is -0.500. The minimum absolute atomic E-state index is 0.744. The van der Waals surface area contributed by atoms with Crippen LogP contribution >= 0.6 is 15.9 Å². The van der Waals surface area contributed by atoms with Crippen LogP contribution in [0.15, 0.2) is 28.7 Å². The second-order valence-corrected chi connectivity index (χ2v) is 5.30. The minimum atomic E-state index is 0.744. The molecule has 0 aliphatic heterocycles. The summed E-state index contributed by atoms with van der Waals surface area (Å²) < 4.78 is 1.17. The first kappa shape index (κ1) is 11.0. The number of hydrogen-bond acceptors (Lipinski definition) is 1. The molecule has 1 nitrogen and oxygen atoms in total. The molecule has 0 spiro atoms. The molecule has 1 fully saturated rings. The summed E-state index contributed by atoms with van der Waals surface area (Å²) in [5.74, 6) is 0. The molecule has 0 atom stereocenters. The van der Waals surface area contributed by atoms with Crippen molar-refractivity contribution in [2.45, 2.75) is 38.1 Å². The molecule has 0 amide bonds. The van der Waals surface area contributed by atoms with Crippen LogP contribution in [0, 0.1) is 0 Å². The van der Waals surface area contributed by atoms with Crippen molar-refractivity contribution < 1.29 is 0 Å². The van der Waals surface area contributed by atoms with E-state index < -0.39 is 0 Å². The van der Waals surface area contributed by atoms with Crippen molar-refractivity contribution in [3.05, 3.63) is 28.7 Å². The molecule has 1 aromatic rings. The molecule has 82 valence electrons. The van der Waals surface area contributed by atoms with Gasteiger partial charge in [0.15, 0.2) is 0 Å². The van der Waals surface area contributed by atoms with E-state index in [0.717, 1.165) is 6.04 Å². The Morgan fingerprint density at radius 3 is 2.60 bits per heavy atom. The van der Waals surface area contributed by atoms with E-state index in [-0.39, 0.29) is 0 Å². The smallest absolute Gasteiger partial charge is 0.0377 e. The first-order valence-electron chi connectivity index (χ1n) is 5.76. The largest absolute Gasteiger partial charge is 0.372 e. The lowest BCUT2D eigenvalue weighted by Crippen LogP contribution is -2.33. The zero-order valence-electron chi connectivity index (χ0n) is 9.25. The van der Waals surface area contributed by atoms with Crippen molar-refractivity contribution in [2.24, 2.45) is 0 Å². The Kier molecular flexibility index (Phi) is 3.68. The van der Waals surface area contributed by atoms with Crippen LogP contribution in [-0.4, -0.2) is 13.1 Å². The van der Waals surface area contributed by atoms with Gasteiger partial charge < -0.3 is 4.90 Å². The van der Waals surface area contributed by atoms with Gasteiger partial charge in [-0.3, -0.25) is 0 Å². The van der Waals surface area contributed by atoms with Crippen LogP contribution in [0.5, 0.6) is 0 Å². The molecule has 15 heavy (non-hydrogen) atoms. The van der Waals surface area contributed by atoms with Gasteiger partial charge in [-0.25, -0.2) is 0 Å². The van der Waals surface area contributed by atoms with Gasteiger partial charge in [0.2, 0.25) is 0 Å². The molecule has 0 bridgehead atoms. The first-order chi connectivity index (χ1) is 7.27. The molecule has 0 N–H and O–H groups in total. The zero-order chi connectivity index (χ0) is 10.7. The standard InChI is InChI=1S/C13H18BrN/c1-15(12-7-3-2-4-8-12)13-9-5-6-11(14)10-13/h5-6,9-10,12H,2-4,7-8H2,1H3. The molecule has 0 saturated heterocycles. The van der Waals surface area contributed by atoms with Gasteiger partial charge in [0.05, 0.1) is 0 Å². The number of nitrogens with zero attached hydrogens (tertiary/aromatic N) is 1. The van der Waals surface area contributed by atoms with Crippen molar-refractivity contribution in [2.75, 3.05) is 11.9 Å². The molecule has 0 radical (unpaired) electrons. The molecule has 2 rings (SSSR count). The maximum absolute atomic E-state index is 3.53. The summed E-state index contributed by atoms with van der Waals surface area (Å²) in [6.07, 6.45) is 6.90. The predicted molar refractivity (Wildman–Crippen MR) is 69.4 cm³/mol. The Morgan fingerprint density at radius 1 is 1.20 bits per heavy atom. The third-order valence-corrected chi connectivity index (χ3v) is 3.83. The SMILES string of the molecule is CN(c1cccc(Br)c1)C1CCCCC1. The Balaban J connectivity index is 2.08. The van der Waals surface area contributed by atoms with Crippen LogP contribution in [0.25, 0.3) is 0 Å². The summed E-state index contributed by atoms with van der Waals surface area (Å²) >= 11 is 3.53. The monoisotopic (exact) mass is 267 g/mol. The fraction of sp³-hybridized carbons (Fsp3) is 0.538. The molecule has 1 saturated carbocycles. The van der Waals surface area contributed by atoms with E-state index in [1.807, 2.05) is 0 Å². The second-order valence-electron chi connectivity index (χ2n) is 4.38. The van der Waals surface area contributed by atoms with E-state index in [4.69, 9.17) is 0 Å². The summed E-state index contributed by atoms with van der Waals surface area (Å²) in [6, 6.07) is 9.33.